The molecule has 1 N–H and O–H groups in total. The molecule has 0 saturated carbocycles. The van der Waals surface area contributed by atoms with Gasteiger partial charge in [0.1, 0.15) is 17.3 Å². The summed E-state index contributed by atoms with van der Waals surface area (Å²) in [7, 11) is 0. The second kappa shape index (κ2) is 9.66. The van der Waals surface area contributed by atoms with E-state index in [0.29, 0.717) is 0 Å². The van der Waals surface area contributed by atoms with Gasteiger partial charge in [-0.15, -0.1) is 0 Å². The van der Waals surface area contributed by atoms with E-state index >= 15 is 0 Å². The van der Waals surface area contributed by atoms with E-state index in [4.69, 9.17) is 16.3 Å². The van der Waals surface area contributed by atoms with Crippen molar-refractivity contribution in [2.45, 2.75) is 19.1 Å². The number of benzene rings is 3. The van der Waals surface area contributed by atoms with Crippen molar-refractivity contribution in [1.82, 2.24) is 0 Å². The molecule has 3 aromatic rings. The zero-order valence-corrected chi connectivity index (χ0v) is 19.4. The molecular weight excluding hydrogens is 502 g/mol. The minimum atomic E-state index is -4.62. The Bertz CT molecular complexity index is 1370. The third-order valence-electron chi connectivity index (χ3n) is 5.62. The Morgan fingerprint density at radius 3 is 2.33 bits per heavy atom. The number of Topliss-reactive ketones (excluding diaryl/α,β-unsaturated/α-hetero) is 1. The van der Waals surface area contributed by atoms with Crippen LogP contribution in [0.4, 0.5) is 23.2 Å². The fourth-order valence-electron chi connectivity index (χ4n) is 3.97. The lowest BCUT2D eigenvalue weighted by Gasteiger charge is -2.26. The van der Waals surface area contributed by atoms with Crippen molar-refractivity contribution >= 4 is 34.7 Å². The third-order valence-corrected chi connectivity index (χ3v) is 5.93. The first-order chi connectivity index (χ1) is 17.0. The van der Waals surface area contributed by atoms with E-state index in [-0.39, 0.29) is 34.2 Å². The zero-order valence-electron chi connectivity index (χ0n) is 18.6. The summed E-state index contributed by atoms with van der Waals surface area (Å²) in [4.78, 5) is 27.1. The van der Waals surface area contributed by atoms with Crippen molar-refractivity contribution in [3.05, 3.63) is 99.8 Å². The van der Waals surface area contributed by atoms with Crippen molar-refractivity contribution in [3.8, 4) is 5.75 Å². The molecule has 1 heterocycles. The van der Waals surface area contributed by atoms with Crippen LogP contribution in [0.2, 0.25) is 5.02 Å². The van der Waals surface area contributed by atoms with Gasteiger partial charge in [0, 0.05) is 16.8 Å². The quantitative estimate of drug-likeness (QED) is 0.180. The standard InChI is InChI=1S/C26H18ClF4NO4/c1-2-36-20-13-14(7-12-18(20)27)23(33)21-22(17-5-3-4-6-19(17)28)32(25(35)24(21)34)16-10-8-15(9-11-16)26(29,30)31/h3-13,22,33H,2H2,1H3/b23-21+. The lowest BCUT2D eigenvalue weighted by molar-refractivity contribution is -0.137. The second-order valence-corrected chi connectivity index (χ2v) is 8.22. The summed E-state index contributed by atoms with van der Waals surface area (Å²) in [5, 5.41) is 11.4. The fraction of sp³-hybridized carbons (Fsp3) is 0.154. The van der Waals surface area contributed by atoms with Crippen LogP contribution in [-0.2, 0) is 15.8 Å². The number of carbonyl (C=O) groups is 2. The molecule has 1 atom stereocenters. The van der Waals surface area contributed by atoms with E-state index in [1.165, 1.54) is 36.4 Å². The lowest BCUT2D eigenvalue weighted by Crippen LogP contribution is -2.30. The molecule has 3 aromatic carbocycles. The molecule has 1 fully saturated rings. The van der Waals surface area contributed by atoms with Crippen LogP contribution >= 0.6 is 11.6 Å². The Hall–Kier alpha value is -3.85. The number of aliphatic hydroxyl groups excluding tert-OH is 1. The van der Waals surface area contributed by atoms with Crippen LogP contribution in [-0.4, -0.2) is 23.4 Å². The molecule has 0 bridgehead atoms. The van der Waals surface area contributed by atoms with Gasteiger partial charge in [-0.05, 0) is 55.5 Å². The Morgan fingerprint density at radius 2 is 1.72 bits per heavy atom. The monoisotopic (exact) mass is 519 g/mol. The van der Waals surface area contributed by atoms with E-state index in [1.54, 1.807) is 6.92 Å². The summed E-state index contributed by atoms with van der Waals surface area (Å²) in [6.45, 7) is 1.98. The first-order valence-electron chi connectivity index (χ1n) is 10.7. The summed E-state index contributed by atoms with van der Waals surface area (Å²) >= 11 is 6.10. The molecule has 1 aliphatic rings. The number of nitrogens with zero attached hydrogens (tertiary/aromatic N) is 1. The molecule has 36 heavy (non-hydrogen) atoms. The molecule has 4 rings (SSSR count). The number of hydrogen-bond acceptors (Lipinski definition) is 4. The van der Waals surface area contributed by atoms with Gasteiger partial charge in [0.05, 0.1) is 28.8 Å². The molecule has 1 unspecified atom stereocenters. The highest BCUT2D eigenvalue weighted by Gasteiger charge is 2.48. The van der Waals surface area contributed by atoms with Gasteiger partial charge in [-0.25, -0.2) is 4.39 Å². The van der Waals surface area contributed by atoms with Gasteiger partial charge in [0.2, 0.25) is 0 Å². The highest BCUT2D eigenvalue weighted by Crippen LogP contribution is 2.44. The van der Waals surface area contributed by atoms with Crippen LogP contribution in [0.25, 0.3) is 5.76 Å². The van der Waals surface area contributed by atoms with Crippen LogP contribution in [0.3, 0.4) is 0 Å². The molecule has 0 aliphatic carbocycles. The average Bonchev–Trinajstić information content (AvgIpc) is 3.10. The number of anilines is 1. The molecule has 5 nitrogen and oxygen atoms in total. The van der Waals surface area contributed by atoms with E-state index in [1.807, 2.05) is 0 Å². The highest BCUT2D eigenvalue weighted by molar-refractivity contribution is 6.51. The maximum atomic E-state index is 14.9. The van der Waals surface area contributed by atoms with Gasteiger partial charge in [0.25, 0.3) is 11.7 Å². The van der Waals surface area contributed by atoms with Crippen molar-refractivity contribution in [2.24, 2.45) is 0 Å². The largest absolute Gasteiger partial charge is 0.507 e. The first kappa shape index (κ1) is 25.2. The molecule has 1 saturated heterocycles. The molecule has 1 amide bonds. The average molecular weight is 520 g/mol. The number of amides is 1. The van der Waals surface area contributed by atoms with Crippen LogP contribution in [0.5, 0.6) is 5.75 Å². The summed E-state index contributed by atoms with van der Waals surface area (Å²) in [6, 6.07) is 11.6. The maximum absolute atomic E-state index is 14.9. The minimum Gasteiger partial charge on any atom is -0.507 e. The number of rotatable bonds is 5. The van der Waals surface area contributed by atoms with Crippen molar-refractivity contribution < 1.29 is 37.0 Å². The van der Waals surface area contributed by atoms with E-state index in [9.17, 15) is 32.3 Å². The second-order valence-electron chi connectivity index (χ2n) is 7.81. The molecular formula is C26H18ClF4NO4. The van der Waals surface area contributed by atoms with Crippen LogP contribution in [0, 0.1) is 5.82 Å². The lowest BCUT2D eigenvalue weighted by atomic mass is 9.94. The smallest absolute Gasteiger partial charge is 0.416 e. The predicted molar refractivity (Wildman–Crippen MR) is 125 cm³/mol. The SMILES string of the molecule is CCOc1cc(/C(O)=C2\C(=O)C(=O)N(c3ccc(C(F)(F)F)cc3)C2c2ccccc2F)ccc1Cl. The fourth-order valence-corrected chi connectivity index (χ4v) is 4.15. The minimum absolute atomic E-state index is 0.0783. The predicted octanol–water partition coefficient (Wildman–Crippen LogP) is 6.52. The number of halogens is 5. The number of ketones is 1. The number of alkyl halides is 3. The molecule has 10 heteroatoms. The molecule has 1 aliphatic heterocycles. The van der Waals surface area contributed by atoms with Gasteiger partial charge < -0.3 is 9.84 Å². The molecule has 0 aromatic heterocycles. The summed E-state index contributed by atoms with van der Waals surface area (Å²) < 4.78 is 59.5. The van der Waals surface area contributed by atoms with Crippen molar-refractivity contribution in [3.63, 3.8) is 0 Å². The van der Waals surface area contributed by atoms with Gasteiger partial charge >= 0.3 is 6.18 Å². The number of aliphatic hydroxyl groups is 1. The van der Waals surface area contributed by atoms with Gasteiger partial charge in [-0.1, -0.05) is 29.8 Å². The topological polar surface area (TPSA) is 66.8 Å². The molecule has 0 radical (unpaired) electrons. The van der Waals surface area contributed by atoms with Crippen LogP contribution in [0.1, 0.15) is 29.7 Å². The van der Waals surface area contributed by atoms with Gasteiger partial charge in [-0.2, -0.15) is 13.2 Å². The Kier molecular flexibility index (Phi) is 6.77. The highest BCUT2D eigenvalue weighted by atomic mass is 35.5. The number of carbonyl (C=O) groups excluding carboxylic acids is 2. The summed E-state index contributed by atoms with van der Waals surface area (Å²) in [6.07, 6.45) is -4.62. The Morgan fingerprint density at radius 1 is 1.06 bits per heavy atom. The summed E-state index contributed by atoms with van der Waals surface area (Å²) in [5.41, 5.74) is -1.53. The zero-order chi connectivity index (χ0) is 26.2. The van der Waals surface area contributed by atoms with E-state index in [0.717, 1.165) is 35.2 Å². The Balaban J connectivity index is 1.92. The maximum Gasteiger partial charge on any atom is 0.416 e. The van der Waals surface area contributed by atoms with Crippen LogP contribution in [0.15, 0.2) is 72.3 Å². The van der Waals surface area contributed by atoms with Crippen molar-refractivity contribution in [1.29, 1.82) is 0 Å². The third kappa shape index (κ3) is 4.54. The Labute approximate surface area is 208 Å². The normalized spacial score (nSPS) is 17.5. The van der Waals surface area contributed by atoms with Crippen LogP contribution < -0.4 is 9.64 Å². The first-order valence-corrected chi connectivity index (χ1v) is 11.1. The molecule has 0 spiro atoms. The number of ether oxygens (including phenoxy) is 1. The summed E-state index contributed by atoms with van der Waals surface area (Å²) in [5.74, 6) is -3.45. The number of hydrogen-bond donors (Lipinski definition) is 1. The van der Waals surface area contributed by atoms with E-state index < -0.39 is 46.6 Å². The van der Waals surface area contributed by atoms with Gasteiger partial charge in [-0.3, -0.25) is 14.5 Å². The van der Waals surface area contributed by atoms with Gasteiger partial charge in [0.15, 0.2) is 0 Å². The molecule has 186 valence electrons. The van der Waals surface area contributed by atoms with Crippen molar-refractivity contribution in [2.75, 3.05) is 11.5 Å². The van der Waals surface area contributed by atoms with E-state index in [2.05, 4.69) is 0 Å².